The number of halogens is 1. The van der Waals surface area contributed by atoms with Crippen LogP contribution in [-0.4, -0.2) is 20.4 Å². The molecule has 83 valence electrons. The molecule has 1 radical (unpaired) electrons. The molecule has 3 nitrogen and oxygen atoms in total. The molecule has 0 aliphatic carbocycles. The summed E-state index contributed by atoms with van der Waals surface area (Å²) in [5, 5.41) is 0. The third-order valence-corrected chi connectivity index (χ3v) is 3.46. The lowest BCUT2D eigenvalue weighted by atomic mass is 10.2. The Morgan fingerprint density at radius 3 is 2.40 bits per heavy atom. The smallest absolute Gasteiger partial charge is 0.262 e. The van der Waals surface area contributed by atoms with Crippen molar-refractivity contribution in [2.45, 2.75) is 17.9 Å². The van der Waals surface area contributed by atoms with Crippen LogP contribution in [0.25, 0.3) is 0 Å². The highest BCUT2D eigenvalue weighted by atomic mass is 35.5. The Labute approximate surface area is 95.1 Å². The Bertz CT molecular complexity index is 411. The zero-order chi connectivity index (χ0) is 11.5. The molecule has 1 unspecified atom stereocenters. The molecule has 0 fully saturated rings. The molecule has 0 aliphatic rings. The molecule has 0 aromatic heterocycles. The summed E-state index contributed by atoms with van der Waals surface area (Å²) in [6, 6.07) is 6.39. The van der Waals surface area contributed by atoms with Crippen molar-refractivity contribution in [2.24, 2.45) is 0 Å². The predicted octanol–water partition coefficient (Wildman–Crippen LogP) is 2.14. The lowest BCUT2D eigenvalue weighted by Crippen LogP contribution is -2.17. The summed E-state index contributed by atoms with van der Waals surface area (Å²) in [7, 11) is -3.74. The Morgan fingerprint density at radius 1 is 1.40 bits per heavy atom. The first-order valence-corrected chi connectivity index (χ1v) is 6.29. The maximum atomic E-state index is 11.6. The van der Waals surface area contributed by atoms with Gasteiger partial charge in [-0.05, 0) is 26.0 Å². The number of hydrogen-bond acceptors (Lipinski definition) is 3. The zero-order valence-corrected chi connectivity index (χ0v) is 9.88. The van der Waals surface area contributed by atoms with Crippen LogP contribution < -0.4 is 0 Å². The van der Waals surface area contributed by atoms with Crippen LogP contribution in [0.15, 0.2) is 29.2 Å². The van der Waals surface area contributed by atoms with E-state index in [0.29, 0.717) is 0 Å². The number of rotatable bonds is 4. The van der Waals surface area contributed by atoms with Crippen molar-refractivity contribution in [1.29, 1.82) is 0 Å². The summed E-state index contributed by atoms with van der Waals surface area (Å²) in [6.07, 6.45) is -0.766. The van der Waals surface area contributed by atoms with E-state index in [1.165, 1.54) is 12.1 Å². The van der Waals surface area contributed by atoms with Gasteiger partial charge in [-0.1, -0.05) is 17.7 Å². The van der Waals surface area contributed by atoms with Crippen LogP contribution in [-0.2, 0) is 14.3 Å². The van der Waals surface area contributed by atoms with E-state index in [2.05, 4.69) is 6.92 Å². The standard InChI is InChI=1S/C10H12ClO3S/c1-8-3-5-10(6-4-8)15(12,13)14-9(2)7-11/h3-6,9H,2,7H2,1H3. The molecule has 1 aromatic rings. The molecule has 15 heavy (non-hydrogen) atoms. The van der Waals surface area contributed by atoms with E-state index < -0.39 is 16.2 Å². The molecular formula is C10H12ClO3S. The van der Waals surface area contributed by atoms with Crippen molar-refractivity contribution in [2.75, 3.05) is 5.88 Å². The van der Waals surface area contributed by atoms with Gasteiger partial charge in [0.05, 0.1) is 16.9 Å². The van der Waals surface area contributed by atoms with Crippen LogP contribution in [0.3, 0.4) is 0 Å². The fraction of sp³-hybridized carbons (Fsp3) is 0.300. The third-order valence-electron chi connectivity index (χ3n) is 1.74. The van der Waals surface area contributed by atoms with Crippen molar-refractivity contribution in [3.8, 4) is 0 Å². The second-order valence-corrected chi connectivity index (χ2v) is 5.02. The Morgan fingerprint density at radius 2 is 1.93 bits per heavy atom. The first-order chi connectivity index (χ1) is 6.95. The van der Waals surface area contributed by atoms with Gasteiger partial charge in [-0.15, -0.1) is 11.6 Å². The van der Waals surface area contributed by atoms with Crippen molar-refractivity contribution in [3.63, 3.8) is 0 Å². The lowest BCUT2D eigenvalue weighted by molar-refractivity contribution is 0.275. The number of hydrogen-bond donors (Lipinski definition) is 0. The summed E-state index contributed by atoms with van der Waals surface area (Å²) >= 11 is 5.42. The number of benzene rings is 1. The quantitative estimate of drug-likeness (QED) is 0.605. The minimum atomic E-state index is -3.74. The molecular weight excluding hydrogens is 236 g/mol. The summed E-state index contributed by atoms with van der Waals surface area (Å²) < 4.78 is 27.9. The average molecular weight is 248 g/mol. The molecule has 0 spiro atoms. The van der Waals surface area contributed by atoms with E-state index >= 15 is 0 Å². The van der Waals surface area contributed by atoms with Gasteiger partial charge in [-0.3, -0.25) is 4.18 Å². The molecule has 1 rings (SSSR count). The molecule has 0 saturated heterocycles. The van der Waals surface area contributed by atoms with Crippen molar-refractivity contribution < 1.29 is 12.6 Å². The topological polar surface area (TPSA) is 43.4 Å². The summed E-state index contributed by atoms with van der Waals surface area (Å²) in [5.74, 6) is 0.0328. The van der Waals surface area contributed by atoms with Gasteiger partial charge < -0.3 is 0 Å². The van der Waals surface area contributed by atoms with E-state index in [-0.39, 0.29) is 10.8 Å². The van der Waals surface area contributed by atoms with E-state index in [1.54, 1.807) is 12.1 Å². The highest BCUT2D eigenvalue weighted by Gasteiger charge is 2.18. The Balaban J connectivity index is 2.91. The van der Waals surface area contributed by atoms with Crippen LogP contribution in [0, 0.1) is 13.8 Å². The second-order valence-electron chi connectivity index (χ2n) is 3.14. The lowest BCUT2D eigenvalue weighted by Gasteiger charge is -2.09. The number of alkyl halides is 1. The first kappa shape index (κ1) is 12.5. The average Bonchev–Trinajstić information content (AvgIpc) is 2.17. The first-order valence-electron chi connectivity index (χ1n) is 4.34. The van der Waals surface area contributed by atoms with Crippen molar-refractivity contribution in [3.05, 3.63) is 36.8 Å². The third kappa shape index (κ3) is 3.48. The molecule has 0 heterocycles. The van der Waals surface area contributed by atoms with Gasteiger partial charge in [-0.25, -0.2) is 0 Å². The summed E-state index contributed by atoms with van der Waals surface area (Å²) in [4.78, 5) is 0.117. The highest BCUT2D eigenvalue weighted by Crippen LogP contribution is 2.15. The summed E-state index contributed by atoms with van der Waals surface area (Å²) in [6.45, 7) is 5.33. The SMILES string of the molecule is [CH2]C(CCl)OS(=O)(=O)c1ccc(C)cc1. The molecule has 1 aromatic carbocycles. The Hall–Kier alpha value is -0.580. The maximum absolute atomic E-state index is 11.6. The molecule has 0 aliphatic heterocycles. The minimum Gasteiger partial charge on any atom is -0.262 e. The molecule has 5 heteroatoms. The van der Waals surface area contributed by atoms with Crippen molar-refractivity contribution in [1.82, 2.24) is 0 Å². The summed E-state index contributed by atoms with van der Waals surface area (Å²) in [5.41, 5.74) is 0.984. The maximum Gasteiger partial charge on any atom is 0.297 e. The monoisotopic (exact) mass is 247 g/mol. The van der Waals surface area contributed by atoms with E-state index in [9.17, 15) is 8.42 Å². The molecule has 0 amide bonds. The van der Waals surface area contributed by atoms with Gasteiger partial charge in [0.2, 0.25) is 0 Å². The predicted molar refractivity (Wildman–Crippen MR) is 59.3 cm³/mol. The van der Waals surface area contributed by atoms with E-state index in [0.717, 1.165) is 5.56 Å². The second kappa shape index (κ2) is 4.96. The normalized spacial score (nSPS) is 13.8. The fourth-order valence-corrected chi connectivity index (χ4v) is 2.11. The minimum absolute atomic E-state index is 0.0328. The van der Waals surface area contributed by atoms with Gasteiger partial charge >= 0.3 is 0 Å². The van der Waals surface area contributed by atoms with Crippen LogP contribution in [0.4, 0.5) is 0 Å². The Kier molecular flexibility index (Phi) is 4.13. The van der Waals surface area contributed by atoms with Crippen LogP contribution in [0.1, 0.15) is 5.56 Å². The van der Waals surface area contributed by atoms with Gasteiger partial charge in [0, 0.05) is 0 Å². The van der Waals surface area contributed by atoms with Crippen molar-refractivity contribution >= 4 is 21.7 Å². The van der Waals surface area contributed by atoms with Gasteiger partial charge in [0.1, 0.15) is 0 Å². The highest BCUT2D eigenvalue weighted by molar-refractivity contribution is 7.86. The van der Waals surface area contributed by atoms with E-state index in [1.807, 2.05) is 6.92 Å². The van der Waals surface area contributed by atoms with Crippen LogP contribution in [0.2, 0.25) is 0 Å². The zero-order valence-electron chi connectivity index (χ0n) is 8.31. The largest absolute Gasteiger partial charge is 0.297 e. The van der Waals surface area contributed by atoms with Gasteiger partial charge in [0.15, 0.2) is 0 Å². The van der Waals surface area contributed by atoms with Gasteiger partial charge in [-0.2, -0.15) is 8.42 Å². The van der Waals surface area contributed by atoms with Crippen LogP contribution in [0.5, 0.6) is 0 Å². The molecule has 0 bridgehead atoms. The number of aryl methyl sites for hydroxylation is 1. The molecule has 0 saturated carbocycles. The van der Waals surface area contributed by atoms with Gasteiger partial charge in [0.25, 0.3) is 10.1 Å². The van der Waals surface area contributed by atoms with E-state index in [4.69, 9.17) is 15.8 Å². The fourth-order valence-electron chi connectivity index (χ4n) is 0.965. The molecule has 0 N–H and O–H groups in total. The molecule has 1 atom stereocenters. The van der Waals surface area contributed by atoms with Crippen LogP contribution >= 0.6 is 11.6 Å².